The summed E-state index contributed by atoms with van der Waals surface area (Å²) in [5, 5.41) is 3.21. The third kappa shape index (κ3) is 3.80. The molecule has 1 fully saturated rings. The van der Waals surface area contributed by atoms with Gasteiger partial charge in [0.05, 0.1) is 12.0 Å². The van der Waals surface area contributed by atoms with Crippen LogP contribution in [0.4, 0.5) is 0 Å². The third-order valence-electron chi connectivity index (χ3n) is 3.88. The van der Waals surface area contributed by atoms with E-state index in [1.165, 1.54) is 0 Å². The molecule has 0 aromatic heterocycles. The van der Waals surface area contributed by atoms with Crippen LogP contribution >= 0.6 is 0 Å². The van der Waals surface area contributed by atoms with Gasteiger partial charge in [-0.3, -0.25) is 9.69 Å². The molecule has 1 N–H and O–H groups in total. The Morgan fingerprint density at radius 2 is 2.05 bits per heavy atom. The fraction of sp³-hybridized carbons (Fsp3) is 0.562. The summed E-state index contributed by atoms with van der Waals surface area (Å²) < 4.78 is 0. The Kier molecular flexibility index (Phi) is 4.25. The number of amides is 1. The fourth-order valence-corrected chi connectivity index (χ4v) is 2.70. The maximum absolute atomic E-state index is 12.1. The molecule has 0 spiro atoms. The van der Waals surface area contributed by atoms with Crippen molar-refractivity contribution in [2.75, 3.05) is 13.1 Å². The molecule has 104 valence electrons. The number of benzene rings is 1. The molecule has 3 nitrogen and oxygen atoms in total. The Morgan fingerprint density at radius 1 is 1.37 bits per heavy atom. The van der Waals surface area contributed by atoms with Gasteiger partial charge in [-0.2, -0.15) is 0 Å². The minimum atomic E-state index is -0.0733. The SMILES string of the molecule is CC(C)N1CCC(C)(NC(=O)Cc2ccccc2)C1. The Bertz CT molecular complexity index is 430. The van der Waals surface area contributed by atoms with Gasteiger partial charge in [0.1, 0.15) is 0 Å². The van der Waals surface area contributed by atoms with E-state index in [1.54, 1.807) is 0 Å². The molecule has 1 aliphatic heterocycles. The van der Waals surface area contributed by atoms with Crippen LogP contribution in [-0.2, 0) is 11.2 Å². The second-order valence-electron chi connectivity index (χ2n) is 6.09. The van der Waals surface area contributed by atoms with Crippen LogP contribution in [0.2, 0.25) is 0 Å². The highest BCUT2D eigenvalue weighted by Gasteiger charge is 2.35. The number of likely N-dealkylation sites (tertiary alicyclic amines) is 1. The average Bonchev–Trinajstić information content (AvgIpc) is 2.72. The zero-order chi connectivity index (χ0) is 13.9. The van der Waals surface area contributed by atoms with Crippen molar-refractivity contribution in [3.63, 3.8) is 0 Å². The van der Waals surface area contributed by atoms with Gasteiger partial charge in [-0.25, -0.2) is 0 Å². The maximum Gasteiger partial charge on any atom is 0.224 e. The predicted octanol–water partition coefficient (Wildman–Crippen LogP) is 2.22. The van der Waals surface area contributed by atoms with E-state index in [4.69, 9.17) is 0 Å². The molecule has 1 amide bonds. The number of carbonyl (C=O) groups is 1. The van der Waals surface area contributed by atoms with E-state index >= 15 is 0 Å². The minimum Gasteiger partial charge on any atom is -0.349 e. The zero-order valence-electron chi connectivity index (χ0n) is 12.1. The third-order valence-corrected chi connectivity index (χ3v) is 3.88. The van der Waals surface area contributed by atoms with E-state index in [0.29, 0.717) is 12.5 Å². The molecule has 0 aliphatic carbocycles. The lowest BCUT2D eigenvalue weighted by atomic mass is 10.0. The van der Waals surface area contributed by atoms with Crippen molar-refractivity contribution in [3.8, 4) is 0 Å². The van der Waals surface area contributed by atoms with Crippen LogP contribution in [0, 0.1) is 0 Å². The first-order chi connectivity index (χ1) is 8.98. The van der Waals surface area contributed by atoms with Crippen molar-refractivity contribution in [1.82, 2.24) is 10.2 Å². The summed E-state index contributed by atoms with van der Waals surface area (Å²) in [6, 6.07) is 10.5. The summed E-state index contributed by atoms with van der Waals surface area (Å²) >= 11 is 0. The van der Waals surface area contributed by atoms with Gasteiger partial charge in [0.15, 0.2) is 0 Å². The quantitative estimate of drug-likeness (QED) is 0.900. The van der Waals surface area contributed by atoms with Crippen molar-refractivity contribution in [2.45, 2.75) is 45.2 Å². The van der Waals surface area contributed by atoms with Gasteiger partial charge < -0.3 is 5.32 Å². The standard InChI is InChI=1S/C16H24N2O/c1-13(2)18-10-9-16(3,12-18)17-15(19)11-14-7-5-4-6-8-14/h4-8,13H,9-12H2,1-3H3,(H,17,19). The zero-order valence-corrected chi connectivity index (χ0v) is 12.1. The summed E-state index contributed by atoms with van der Waals surface area (Å²) in [7, 11) is 0. The summed E-state index contributed by atoms with van der Waals surface area (Å²) in [6.07, 6.45) is 1.50. The van der Waals surface area contributed by atoms with Gasteiger partial charge in [0.25, 0.3) is 0 Å². The topological polar surface area (TPSA) is 32.3 Å². The molecular formula is C16H24N2O. The molecule has 1 heterocycles. The fourth-order valence-electron chi connectivity index (χ4n) is 2.70. The smallest absolute Gasteiger partial charge is 0.224 e. The lowest BCUT2D eigenvalue weighted by Gasteiger charge is -2.27. The van der Waals surface area contributed by atoms with Crippen molar-refractivity contribution < 1.29 is 4.79 Å². The molecule has 3 heteroatoms. The molecule has 1 unspecified atom stereocenters. The van der Waals surface area contributed by atoms with Crippen LogP contribution < -0.4 is 5.32 Å². The number of hydrogen-bond donors (Lipinski definition) is 1. The van der Waals surface area contributed by atoms with E-state index in [0.717, 1.165) is 25.1 Å². The average molecular weight is 260 g/mol. The Hall–Kier alpha value is -1.35. The normalized spacial score (nSPS) is 23.8. The molecule has 2 rings (SSSR count). The summed E-state index contributed by atoms with van der Waals surface area (Å²) in [4.78, 5) is 14.5. The van der Waals surface area contributed by atoms with E-state index in [-0.39, 0.29) is 11.4 Å². The monoisotopic (exact) mass is 260 g/mol. The van der Waals surface area contributed by atoms with E-state index in [9.17, 15) is 4.79 Å². The molecule has 0 radical (unpaired) electrons. The van der Waals surface area contributed by atoms with Gasteiger partial charge in [-0.05, 0) is 32.8 Å². The molecule has 0 saturated carbocycles. The Balaban J connectivity index is 1.89. The first kappa shape index (κ1) is 14.1. The number of hydrogen-bond acceptors (Lipinski definition) is 2. The minimum absolute atomic E-state index is 0.0733. The van der Waals surface area contributed by atoms with Crippen LogP contribution in [-0.4, -0.2) is 35.5 Å². The molecule has 1 aliphatic rings. The Morgan fingerprint density at radius 3 is 2.63 bits per heavy atom. The van der Waals surface area contributed by atoms with Crippen molar-refractivity contribution >= 4 is 5.91 Å². The van der Waals surface area contributed by atoms with Gasteiger partial charge in [-0.15, -0.1) is 0 Å². The van der Waals surface area contributed by atoms with E-state index < -0.39 is 0 Å². The lowest BCUT2D eigenvalue weighted by molar-refractivity contribution is -0.122. The second-order valence-corrected chi connectivity index (χ2v) is 6.09. The molecular weight excluding hydrogens is 236 g/mol. The summed E-state index contributed by atoms with van der Waals surface area (Å²) in [6.45, 7) is 8.58. The van der Waals surface area contributed by atoms with E-state index in [2.05, 4.69) is 31.0 Å². The Labute approximate surface area is 116 Å². The number of nitrogens with one attached hydrogen (secondary N) is 1. The molecule has 0 bridgehead atoms. The second kappa shape index (κ2) is 5.74. The highest BCUT2D eigenvalue weighted by molar-refractivity contribution is 5.79. The van der Waals surface area contributed by atoms with Gasteiger partial charge >= 0.3 is 0 Å². The van der Waals surface area contributed by atoms with Gasteiger partial charge in [0, 0.05) is 19.1 Å². The molecule has 1 atom stereocenters. The van der Waals surface area contributed by atoms with Crippen molar-refractivity contribution in [2.24, 2.45) is 0 Å². The molecule has 19 heavy (non-hydrogen) atoms. The van der Waals surface area contributed by atoms with Crippen LogP contribution in [0.1, 0.15) is 32.8 Å². The van der Waals surface area contributed by atoms with Crippen molar-refractivity contribution in [1.29, 1.82) is 0 Å². The van der Waals surface area contributed by atoms with Crippen molar-refractivity contribution in [3.05, 3.63) is 35.9 Å². The van der Waals surface area contributed by atoms with Crippen LogP contribution in [0.15, 0.2) is 30.3 Å². The maximum atomic E-state index is 12.1. The summed E-state index contributed by atoms with van der Waals surface area (Å²) in [5.74, 6) is 0.124. The van der Waals surface area contributed by atoms with Gasteiger partial charge in [-0.1, -0.05) is 30.3 Å². The lowest BCUT2D eigenvalue weighted by Crippen LogP contribution is -2.49. The number of rotatable bonds is 4. The number of nitrogens with zero attached hydrogens (tertiary/aromatic N) is 1. The summed E-state index contributed by atoms with van der Waals surface area (Å²) in [5.41, 5.74) is 0.998. The van der Waals surface area contributed by atoms with Crippen LogP contribution in [0.5, 0.6) is 0 Å². The van der Waals surface area contributed by atoms with Crippen LogP contribution in [0.3, 0.4) is 0 Å². The highest BCUT2D eigenvalue weighted by atomic mass is 16.1. The first-order valence-corrected chi connectivity index (χ1v) is 7.07. The highest BCUT2D eigenvalue weighted by Crippen LogP contribution is 2.22. The molecule has 1 saturated heterocycles. The van der Waals surface area contributed by atoms with Crippen LogP contribution in [0.25, 0.3) is 0 Å². The first-order valence-electron chi connectivity index (χ1n) is 7.07. The number of carbonyl (C=O) groups excluding carboxylic acids is 1. The largest absolute Gasteiger partial charge is 0.349 e. The van der Waals surface area contributed by atoms with E-state index in [1.807, 2.05) is 30.3 Å². The molecule has 1 aromatic carbocycles. The predicted molar refractivity (Wildman–Crippen MR) is 78.0 cm³/mol. The molecule has 1 aromatic rings. The van der Waals surface area contributed by atoms with Gasteiger partial charge in [0.2, 0.25) is 5.91 Å².